The molecule has 0 radical (unpaired) electrons. The van der Waals surface area contributed by atoms with Gasteiger partial charge in [0.25, 0.3) is 0 Å². The van der Waals surface area contributed by atoms with E-state index in [1.807, 2.05) is 20.8 Å². The van der Waals surface area contributed by atoms with Crippen molar-refractivity contribution in [1.29, 1.82) is 0 Å². The van der Waals surface area contributed by atoms with Gasteiger partial charge in [0.05, 0.1) is 0 Å². The molecule has 2 amide bonds. The minimum atomic E-state index is -1.18. The standard InChI is InChI=1S/C14H19ClN2O3/c1-4-14(2,3)17-13(20)16-11(12(18)19)9-7-5-6-8-10(9)15/h5-8,11H,4H2,1-3H3,(H,18,19)(H2,16,17,20)/t11-/m1/s1. The first-order valence-corrected chi connectivity index (χ1v) is 6.70. The molecular formula is C14H19ClN2O3. The van der Waals surface area contributed by atoms with Crippen molar-refractivity contribution >= 4 is 23.6 Å². The Bertz CT molecular complexity index is 503. The minimum Gasteiger partial charge on any atom is -0.479 e. The SMILES string of the molecule is CCC(C)(C)NC(=O)N[C@@H](C(=O)O)c1ccccc1Cl. The Labute approximate surface area is 123 Å². The summed E-state index contributed by atoms with van der Waals surface area (Å²) in [7, 11) is 0. The first kappa shape index (κ1) is 16.3. The normalized spacial score (nSPS) is 12.6. The Morgan fingerprint density at radius 3 is 2.45 bits per heavy atom. The number of hydrogen-bond donors (Lipinski definition) is 3. The van der Waals surface area contributed by atoms with Crippen LogP contribution in [0.3, 0.4) is 0 Å². The van der Waals surface area contributed by atoms with Crippen molar-refractivity contribution in [1.82, 2.24) is 10.6 Å². The molecule has 0 aliphatic rings. The Hall–Kier alpha value is -1.75. The molecule has 0 bridgehead atoms. The lowest BCUT2D eigenvalue weighted by atomic mass is 10.0. The second-order valence-electron chi connectivity index (χ2n) is 5.13. The van der Waals surface area contributed by atoms with Gasteiger partial charge in [-0.3, -0.25) is 0 Å². The van der Waals surface area contributed by atoms with Gasteiger partial charge in [-0.05, 0) is 26.3 Å². The molecule has 0 heterocycles. The maximum absolute atomic E-state index is 11.9. The van der Waals surface area contributed by atoms with Crippen molar-refractivity contribution < 1.29 is 14.7 Å². The van der Waals surface area contributed by atoms with Gasteiger partial charge >= 0.3 is 12.0 Å². The van der Waals surface area contributed by atoms with Gasteiger partial charge in [-0.1, -0.05) is 36.7 Å². The fourth-order valence-electron chi connectivity index (χ4n) is 1.54. The summed E-state index contributed by atoms with van der Waals surface area (Å²) in [6, 6.07) is 4.81. The van der Waals surface area contributed by atoms with Gasteiger partial charge in [0.1, 0.15) is 0 Å². The summed E-state index contributed by atoms with van der Waals surface area (Å²) < 4.78 is 0. The molecule has 5 nitrogen and oxygen atoms in total. The van der Waals surface area contributed by atoms with E-state index in [1.165, 1.54) is 0 Å². The Morgan fingerprint density at radius 1 is 1.35 bits per heavy atom. The highest BCUT2D eigenvalue weighted by Crippen LogP contribution is 2.23. The highest BCUT2D eigenvalue weighted by atomic mass is 35.5. The molecule has 0 fully saturated rings. The molecular weight excluding hydrogens is 280 g/mol. The number of carboxylic acids is 1. The van der Waals surface area contributed by atoms with Crippen LogP contribution in [0, 0.1) is 0 Å². The predicted octanol–water partition coefficient (Wildman–Crippen LogP) is 2.95. The van der Waals surface area contributed by atoms with Crippen LogP contribution in [-0.4, -0.2) is 22.6 Å². The van der Waals surface area contributed by atoms with Gasteiger partial charge in [0.2, 0.25) is 0 Å². The Balaban J connectivity index is 2.87. The van der Waals surface area contributed by atoms with Crippen LogP contribution in [0.15, 0.2) is 24.3 Å². The fourth-order valence-corrected chi connectivity index (χ4v) is 1.79. The fraction of sp³-hybridized carbons (Fsp3) is 0.429. The third kappa shape index (κ3) is 4.42. The number of hydrogen-bond acceptors (Lipinski definition) is 2. The van der Waals surface area contributed by atoms with Crippen molar-refractivity contribution in [2.45, 2.75) is 38.8 Å². The molecule has 0 saturated carbocycles. The van der Waals surface area contributed by atoms with Crippen LogP contribution in [0.5, 0.6) is 0 Å². The molecule has 20 heavy (non-hydrogen) atoms. The zero-order valence-corrected chi connectivity index (χ0v) is 12.5. The number of nitrogens with one attached hydrogen (secondary N) is 2. The van der Waals surface area contributed by atoms with Crippen molar-refractivity contribution in [2.24, 2.45) is 0 Å². The van der Waals surface area contributed by atoms with Crippen LogP contribution in [0.2, 0.25) is 5.02 Å². The van der Waals surface area contributed by atoms with E-state index in [1.54, 1.807) is 24.3 Å². The third-order valence-electron chi connectivity index (χ3n) is 3.07. The predicted molar refractivity (Wildman–Crippen MR) is 77.9 cm³/mol. The summed E-state index contributed by atoms with van der Waals surface area (Å²) in [5.74, 6) is -1.16. The molecule has 0 unspecified atom stereocenters. The molecule has 0 aliphatic heterocycles. The zero-order chi connectivity index (χ0) is 15.3. The van der Waals surface area contributed by atoms with Crippen molar-refractivity contribution in [3.63, 3.8) is 0 Å². The van der Waals surface area contributed by atoms with Gasteiger partial charge in [0, 0.05) is 16.1 Å². The zero-order valence-electron chi connectivity index (χ0n) is 11.7. The number of rotatable bonds is 5. The molecule has 1 rings (SSSR count). The average Bonchev–Trinajstić information content (AvgIpc) is 2.36. The van der Waals surface area contributed by atoms with Crippen LogP contribution in [0.1, 0.15) is 38.8 Å². The third-order valence-corrected chi connectivity index (χ3v) is 3.42. The molecule has 0 spiro atoms. The number of urea groups is 1. The molecule has 110 valence electrons. The van der Waals surface area contributed by atoms with E-state index in [0.717, 1.165) is 6.42 Å². The van der Waals surface area contributed by atoms with Gasteiger partial charge in [-0.25, -0.2) is 9.59 Å². The maximum atomic E-state index is 11.9. The van der Waals surface area contributed by atoms with Crippen molar-refractivity contribution in [3.05, 3.63) is 34.9 Å². The van der Waals surface area contributed by atoms with E-state index < -0.39 is 23.6 Å². The topological polar surface area (TPSA) is 78.4 Å². The highest BCUT2D eigenvalue weighted by Gasteiger charge is 2.26. The van der Waals surface area contributed by atoms with Crippen LogP contribution in [0.4, 0.5) is 4.79 Å². The highest BCUT2D eigenvalue weighted by molar-refractivity contribution is 6.31. The lowest BCUT2D eigenvalue weighted by Crippen LogP contribution is -2.49. The van der Waals surface area contributed by atoms with E-state index >= 15 is 0 Å². The number of aliphatic carboxylic acids is 1. The summed E-state index contributed by atoms with van der Waals surface area (Å²) in [4.78, 5) is 23.2. The van der Waals surface area contributed by atoms with E-state index in [-0.39, 0.29) is 0 Å². The molecule has 0 aromatic heterocycles. The second-order valence-corrected chi connectivity index (χ2v) is 5.54. The van der Waals surface area contributed by atoms with Crippen molar-refractivity contribution in [2.75, 3.05) is 0 Å². The first-order valence-electron chi connectivity index (χ1n) is 6.32. The van der Waals surface area contributed by atoms with E-state index in [4.69, 9.17) is 11.6 Å². The number of amides is 2. The van der Waals surface area contributed by atoms with Gasteiger partial charge in [-0.15, -0.1) is 0 Å². The lowest BCUT2D eigenvalue weighted by molar-refractivity contribution is -0.139. The van der Waals surface area contributed by atoms with Crippen molar-refractivity contribution in [3.8, 4) is 0 Å². The molecule has 3 N–H and O–H groups in total. The minimum absolute atomic E-state index is 0.301. The Morgan fingerprint density at radius 2 is 1.95 bits per heavy atom. The Kier molecular flexibility index (Phi) is 5.39. The molecule has 6 heteroatoms. The number of carboxylic acid groups (broad SMARTS) is 1. The summed E-state index contributed by atoms with van der Waals surface area (Å²) >= 11 is 5.97. The summed E-state index contributed by atoms with van der Waals surface area (Å²) in [6.45, 7) is 5.65. The quantitative estimate of drug-likeness (QED) is 0.782. The largest absolute Gasteiger partial charge is 0.479 e. The summed E-state index contributed by atoms with van der Waals surface area (Å²) in [5.41, 5.74) is -0.0562. The van der Waals surface area contributed by atoms with Crippen LogP contribution < -0.4 is 10.6 Å². The van der Waals surface area contributed by atoms with E-state index in [9.17, 15) is 14.7 Å². The van der Waals surface area contributed by atoms with Gasteiger partial charge in [-0.2, -0.15) is 0 Å². The van der Waals surface area contributed by atoms with Crippen LogP contribution >= 0.6 is 11.6 Å². The monoisotopic (exact) mass is 298 g/mol. The second kappa shape index (κ2) is 6.61. The smallest absolute Gasteiger partial charge is 0.331 e. The molecule has 1 aromatic rings. The van der Waals surface area contributed by atoms with Gasteiger partial charge in [0.15, 0.2) is 6.04 Å². The molecule has 1 atom stereocenters. The number of carbonyl (C=O) groups is 2. The summed E-state index contributed by atoms with van der Waals surface area (Å²) in [5, 5.41) is 14.7. The first-order chi connectivity index (χ1) is 9.26. The number of carbonyl (C=O) groups excluding carboxylic acids is 1. The average molecular weight is 299 g/mol. The van der Waals surface area contributed by atoms with E-state index in [0.29, 0.717) is 10.6 Å². The lowest BCUT2D eigenvalue weighted by Gasteiger charge is -2.26. The molecule has 0 aliphatic carbocycles. The number of benzene rings is 1. The molecule has 1 aromatic carbocycles. The number of halogens is 1. The van der Waals surface area contributed by atoms with E-state index in [2.05, 4.69) is 10.6 Å². The van der Waals surface area contributed by atoms with Crippen LogP contribution in [-0.2, 0) is 4.79 Å². The maximum Gasteiger partial charge on any atom is 0.331 e. The van der Waals surface area contributed by atoms with Gasteiger partial charge < -0.3 is 15.7 Å². The van der Waals surface area contributed by atoms with Crippen LogP contribution in [0.25, 0.3) is 0 Å². The molecule has 0 saturated heterocycles. The summed E-state index contributed by atoms with van der Waals surface area (Å²) in [6.07, 6.45) is 0.726.